The summed E-state index contributed by atoms with van der Waals surface area (Å²) >= 11 is 0. The van der Waals surface area contributed by atoms with Gasteiger partial charge in [-0.25, -0.2) is 0 Å². The number of hydrogen-bond acceptors (Lipinski definition) is 8. The van der Waals surface area contributed by atoms with E-state index >= 15 is 0 Å². The molecular weight excluding hydrogens is 388 g/mol. The summed E-state index contributed by atoms with van der Waals surface area (Å²) in [6.45, 7) is 0. The zero-order chi connectivity index (χ0) is 21.9. The van der Waals surface area contributed by atoms with Crippen LogP contribution in [0.2, 0.25) is 0 Å². The molecule has 0 saturated heterocycles. The number of oxime groups is 2. The quantitative estimate of drug-likeness (QED) is 0.136. The van der Waals surface area contributed by atoms with Crippen LogP contribution in [0.25, 0.3) is 0 Å². The molecule has 0 aliphatic heterocycles. The molecular formula is C22H28N2O6. The molecule has 162 valence electrons. The summed E-state index contributed by atoms with van der Waals surface area (Å²) in [5, 5.41) is 63.3. The van der Waals surface area contributed by atoms with Crippen LogP contribution in [0, 0.1) is 0 Å². The molecule has 0 saturated carbocycles. The van der Waals surface area contributed by atoms with Gasteiger partial charge in [0.2, 0.25) is 0 Å². The Morgan fingerprint density at radius 1 is 0.567 bits per heavy atom. The minimum atomic E-state index is -0.121. The van der Waals surface area contributed by atoms with Crippen molar-refractivity contribution < 1.29 is 30.8 Å². The summed E-state index contributed by atoms with van der Waals surface area (Å²) in [7, 11) is 0. The van der Waals surface area contributed by atoms with Crippen LogP contribution < -0.4 is 0 Å². The molecule has 8 heteroatoms. The van der Waals surface area contributed by atoms with Gasteiger partial charge in [-0.3, -0.25) is 0 Å². The molecule has 6 N–H and O–H groups in total. The van der Waals surface area contributed by atoms with Crippen molar-refractivity contribution in [2.75, 3.05) is 0 Å². The first-order valence-electron chi connectivity index (χ1n) is 9.92. The van der Waals surface area contributed by atoms with Gasteiger partial charge >= 0.3 is 0 Å². The Morgan fingerprint density at radius 3 is 1.27 bits per heavy atom. The summed E-state index contributed by atoms with van der Waals surface area (Å²) in [4.78, 5) is 0. The van der Waals surface area contributed by atoms with Crippen LogP contribution in [0.3, 0.4) is 0 Å². The largest absolute Gasteiger partial charge is 0.508 e. The summed E-state index contributed by atoms with van der Waals surface area (Å²) in [5.41, 5.74) is 1.57. The second kappa shape index (κ2) is 11.5. The van der Waals surface area contributed by atoms with Crippen molar-refractivity contribution in [1.82, 2.24) is 0 Å². The number of aromatic hydroxyl groups is 4. The third-order valence-corrected chi connectivity index (χ3v) is 4.90. The SMILES string of the molecule is ON=C(CCCCCCCCC(=NO)c1ccc(O)cc1O)c1ccc(O)cc1O. The Kier molecular flexibility index (Phi) is 8.80. The number of nitrogens with zero attached hydrogens (tertiary/aromatic N) is 2. The molecule has 30 heavy (non-hydrogen) atoms. The lowest BCUT2D eigenvalue weighted by Gasteiger charge is -2.08. The smallest absolute Gasteiger partial charge is 0.128 e. The fourth-order valence-electron chi connectivity index (χ4n) is 3.30. The topological polar surface area (TPSA) is 146 Å². The zero-order valence-corrected chi connectivity index (χ0v) is 16.7. The molecule has 0 radical (unpaired) electrons. The van der Waals surface area contributed by atoms with Gasteiger partial charge in [-0.05, 0) is 49.9 Å². The van der Waals surface area contributed by atoms with Gasteiger partial charge in [0.1, 0.15) is 23.0 Å². The summed E-state index contributed by atoms with van der Waals surface area (Å²) in [5.74, 6) is -0.347. The van der Waals surface area contributed by atoms with Crippen LogP contribution in [0.4, 0.5) is 0 Å². The fraction of sp³-hybridized carbons (Fsp3) is 0.364. The lowest BCUT2D eigenvalue weighted by molar-refractivity contribution is 0.317. The van der Waals surface area contributed by atoms with Crippen LogP contribution in [-0.2, 0) is 0 Å². The van der Waals surface area contributed by atoms with Crippen molar-refractivity contribution in [1.29, 1.82) is 0 Å². The Labute approximate surface area is 175 Å². The molecule has 8 nitrogen and oxygen atoms in total. The molecule has 0 heterocycles. The Balaban J connectivity index is 1.67. The van der Waals surface area contributed by atoms with Crippen LogP contribution in [0.5, 0.6) is 23.0 Å². The fourth-order valence-corrected chi connectivity index (χ4v) is 3.30. The first-order chi connectivity index (χ1) is 14.5. The van der Waals surface area contributed by atoms with Gasteiger partial charge in [-0.15, -0.1) is 0 Å². The first-order valence-corrected chi connectivity index (χ1v) is 9.92. The standard InChI is InChI=1S/C22H28N2O6/c25-15-9-11-17(21(27)13-15)19(23-29)7-5-3-1-2-4-6-8-20(24-30)18-12-10-16(26)14-22(18)28/h9-14,25-30H,1-8H2. The van der Waals surface area contributed by atoms with E-state index in [0.29, 0.717) is 35.4 Å². The van der Waals surface area contributed by atoms with Crippen molar-refractivity contribution >= 4 is 11.4 Å². The monoisotopic (exact) mass is 416 g/mol. The van der Waals surface area contributed by atoms with Crippen molar-refractivity contribution in [2.45, 2.75) is 51.4 Å². The van der Waals surface area contributed by atoms with Gasteiger partial charge in [0, 0.05) is 23.3 Å². The predicted molar refractivity (Wildman–Crippen MR) is 113 cm³/mol. The molecule has 0 aliphatic carbocycles. The minimum Gasteiger partial charge on any atom is -0.508 e. The van der Waals surface area contributed by atoms with Crippen molar-refractivity contribution in [3.05, 3.63) is 47.5 Å². The van der Waals surface area contributed by atoms with Crippen LogP contribution in [0.1, 0.15) is 62.5 Å². The molecule has 2 aromatic carbocycles. The van der Waals surface area contributed by atoms with Gasteiger partial charge in [0.05, 0.1) is 11.4 Å². The van der Waals surface area contributed by atoms with Crippen molar-refractivity contribution in [3.63, 3.8) is 0 Å². The van der Waals surface area contributed by atoms with Gasteiger partial charge in [0.15, 0.2) is 0 Å². The van der Waals surface area contributed by atoms with Crippen LogP contribution in [0.15, 0.2) is 46.7 Å². The van der Waals surface area contributed by atoms with E-state index in [-0.39, 0.29) is 23.0 Å². The number of phenols is 4. The van der Waals surface area contributed by atoms with Gasteiger partial charge in [0.25, 0.3) is 0 Å². The predicted octanol–water partition coefficient (Wildman–Crippen LogP) is 4.69. The van der Waals surface area contributed by atoms with E-state index in [1.54, 1.807) is 0 Å². The normalized spacial score (nSPS) is 12.3. The lowest BCUT2D eigenvalue weighted by Crippen LogP contribution is -2.02. The molecule has 0 fully saturated rings. The Bertz CT molecular complexity index is 822. The molecule has 0 atom stereocenters. The highest BCUT2D eigenvalue weighted by Crippen LogP contribution is 2.26. The molecule has 0 aliphatic rings. The maximum Gasteiger partial charge on any atom is 0.128 e. The van der Waals surface area contributed by atoms with Crippen LogP contribution >= 0.6 is 0 Å². The number of benzene rings is 2. The zero-order valence-electron chi connectivity index (χ0n) is 16.7. The second-order valence-electron chi connectivity index (χ2n) is 7.12. The summed E-state index contributed by atoms with van der Waals surface area (Å²) in [6, 6.07) is 8.33. The Hall–Kier alpha value is -3.42. The summed E-state index contributed by atoms with van der Waals surface area (Å²) < 4.78 is 0. The van der Waals surface area contributed by atoms with E-state index in [0.717, 1.165) is 38.5 Å². The molecule has 2 aromatic rings. The van der Waals surface area contributed by atoms with E-state index < -0.39 is 0 Å². The third kappa shape index (κ3) is 6.58. The average molecular weight is 416 g/mol. The lowest BCUT2D eigenvalue weighted by atomic mass is 10.00. The number of rotatable bonds is 11. The minimum absolute atomic E-state index is 0.0523. The van der Waals surface area contributed by atoms with E-state index in [9.17, 15) is 30.8 Å². The van der Waals surface area contributed by atoms with Crippen molar-refractivity contribution in [2.24, 2.45) is 10.3 Å². The molecule has 0 amide bonds. The molecule has 0 aromatic heterocycles. The van der Waals surface area contributed by atoms with E-state index in [4.69, 9.17) is 0 Å². The molecule has 0 bridgehead atoms. The number of unbranched alkanes of at least 4 members (excludes halogenated alkanes) is 5. The summed E-state index contributed by atoms with van der Waals surface area (Å²) in [6.07, 6.45) is 6.43. The first kappa shape index (κ1) is 22.9. The maximum atomic E-state index is 9.86. The van der Waals surface area contributed by atoms with Gasteiger partial charge in [-0.1, -0.05) is 36.0 Å². The molecule has 2 rings (SSSR count). The Morgan fingerprint density at radius 2 is 0.933 bits per heavy atom. The highest BCUT2D eigenvalue weighted by atomic mass is 16.4. The number of phenolic OH excluding ortho intramolecular Hbond substituents is 4. The van der Waals surface area contributed by atoms with E-state index in [1.165, 1.54) is 36.4 Å². The van der Waals surface area contributed by atoms with Crippen LogP contribution in [-0.4, -0.2) is 42.3 Å². The van der Waals surface area contributed by atoms with Crippen molar-refractivity contribution in [3.8, 4) is 23.0 Å². The van der Waals surface area contributed by atoms with E-state index in [2.05, 4.69) is 10.3 Å². The molecule has 0 spiro atoms. The second-order valence-corrected chi connectivity index (χ2v) is 7.12. The average Bonchev–Trinajstić information content (AvgIpc) is 2.71. The van der Waals surface area contributed by atoms with Gasteiger partial charge < -0.3 is 30.8 Å². The highest BCUT2D eigenvalue weighted by Gasteiger charge is 2.12. The highest BCUT2D eigenvalue weighted by molar-refractivity contribution is 6.03. The maximum absolute atomic E-state index is 9.86. The number of hydrogen-bond donors (Lipinski definition) is 6. The third-order valence-electron chi connectivity index (χ3n) is 4.90. The molecule has 0 unspecified atom stereocenters. The van der Waals surface area contributed by atoms with E-state index in [1.807, 2.05) is 0 Å². The van der Waals surface area contributed by atoms with Gasteiger partial charge in [-0.2, -0.15) is 0 Å².